The molecule has 0 aliphatic carbocycles. The minimum Gasteiger partial charge on any atom is -0.378 e. The van der Waals surface area contributed by atoms with Crippen molar-refractivity contribution in [2.45, 2.75) is 5.03 Å². The van der Waals surface area contributed by atoms with Gasteiger partial charge in [0.05, 0.1) is 19.0 Å². The van der Waals surface area contributed by atoms with Crippen molar-refractivity contribution in [1.82, 2.24) is 9.97 Å². The molecule has 0 unspecified atom stereocenters. The molecule has 0 bridgehead atoms. The molecule has 92 valence electrons. The molecule has 1 aromatic rings. The fraction of sp³-hybridized carbons (Fsp3) is 0.500. The van der Waals surface area contributed by atoms with Crippen LogP contribution in [0.5, 0.6) is 0 Å². The van der Waals surface area contributed by atoms with Crippen LogP contribution in [0.3, 0.4) is 0 Å². The summed E-state index contributed by atoms with van der Waals surface area (Å²) in [5, 5.41) is 0.764. The van der Waals surface area contributed by atoms with Crippen LogP contribution in [0.2, 0.25) is 0 Å². The smallest absolute Gasteiger partial charge is 0.227 e. The zero-order valence-corrected chi connectivity index (χ0v) is 10.2. The molecule has 2 N–H and O–H groups in total. The Bertz CT molecular complexity index is 396. The molecular weight excluding hydrogens is 240 g/mol. The predicted molar refractivity (Wildman–Crippen MR) is 65.0 cm³/mol. The number of nitrogens with two attached hydrogens (primary N) is 1. The van der Waals surface area contributed by atoms with E-state index in [1.807, 2.05) is 6.07 Å². The van der Waals surface area contributed by atoms with Crippen molar-refractivity contribution >= 4 is 23.5 Å². The highest BCUT2D eigenvalue weighted by Crippen LogP contribution is 2.19. The van der Waals surface area contributed by atoms with Crippen LogP contribution in [-0.4, -0.2) is 47.9 Å². The van der Waals surface area contributed by atoms with Crippen LogP contribution in [0.1, 0.15) is 0 Å². The average molecular weight is 254 g/mol. The topological polar surface area (TPSA) is 81.3 Å². The van der Waals surface area contributed by atoms with Crippen LogP contribution in [0.15, 0.2) is 17.4 Å². The van der Waals surface area contributed by atoms with Gasteiger partial charge in [-0.25, -0.2) is 9.97 Å². The van der Waals surface area contributed by atoms with Crippen LogP contribution in [0, 0.1) is 0 Å². The maximum Gasteiger partial charge on any atom is 0.227 e. The lowest BCUT2D eigenvalue weighted by Crippen LogP contribution is -2.36. The van der Waals surface area contributed by atoms with Crippen LogP contribution >= 0.6 is 11.8 Å². The van der Waals surface area contributed by atoms with Gasteiger partial charge in [0.15, 0.2) is 0 Å². The summed E-state index contributed by atoms with van der Waals surface area (Å²) in [5.74, 6) is 0.760. The zero-order valence-electron chi connectivity index (χ0n) is 9.33. The van der Waals surface area contributed by atoms with Crippen LogP contribution in [0.4, 0.5) is 5.82 Å². The number of primary amides is 1. The molecule has 0 spiro atoms. The molecule has 1 fully saturated rings. The van der Waals surface area contributed by atoms with E-state index in [1.165, 1.54) is 18.1 Å². The van der Waals surface area contributed by atoms with Gasteiger partial charge in [-0.05, 0) is 0 Å². The summed E-state index contributed by atoms with van der Waals surface area (Å²) >= 11 is 1.32. The van der Waals surface area contributed by atoms with Crippen molar-refractivity contribution in [2.24, 2.45) is 5.73 Å². The summed E-state index contributed by atoms with van der Waals surface area (Å²) in [6.45, 7) is 3.09. The first-order valence-electron chi connectivity index (χ1n) is 5.31. The SMILES string of the molecule is NC(=O)CSc1cc(N2CCOCC2)ncn1. The van der Waals surface area contributed by atoms with Gasteiger partial charge in [-0.1, -0.05) is 11.8 Å². The van der Waals surface area contributed by atoms with E-state index >= 15 is 0 Å². The fourth-order valence-corrected chi connectivity index (χ4v) is 2.12. The first-order valence-corrected chi connectivity index (χ1v) is 6.30. The number of carbonyl (C=O) groups is 1. The normalized spacial score (nSPS) is 15.9. The Kier molecular flexibility index (Phi) is 4.16. The Labute approximate surface area is 104 Å². The molecule has 6 nitrogen and oxygen atoms in total. The van der Waals surface area contributed by atoms with Crippen molar-refractivity contribution in [1.29, 1.82) is 0 Å². The number of amides is 1. The van der Waals surface area contributed by atoms with Crippen molar-refractivity contribution in [3.63, 3.8) is 0 Å². The van der Waals surface area contributed by atoms with Crippen molar-refractivity contribution in [3.8, 4) is 0 Å². The highest BCUT2D eigenvalue weighted by molar-refractivity contribution is 7.99. The molecule has 0 atom stereocenters. The van der Waals surface area contributed by atoms with Crippen LogP contribution in [-0.2, 0) is 9.53 Å². The lowest BCUT2D eigenvalue weighted by molar-refractivity contribution is -0.115. The van der Waals surface area contributed by atoms with Crippen molar-refractivity contribution in [2.75, 3.05) is 37.0 Å². The van der Waals surface area contributed by atoms with Gasteiger partial charge in [0.25, 0.3) is 0 Å². The molecular formula is C10H14N4O2S. The summed E-state index contributed by atoms with van der Waals surface area (Å²) in [4.78, 5) is 21.1. The number of nitrogens with zero attached hydrogens (tertiary/aromatic N) is 3. The Hall–Kier alpha value is -1.34. The Balaban J connectivity index is 2.02. The lowest BCUT2D eigenvalue weighted by Gasteiger charge is -2.27. The number of morpholine rings is 1. The molecule has 7 heteroatoms. The minimum absolute atomic E-state index is 0.236. The maximum absolute atomic E-state index is 10.7. The first kappa shape index (κ1) is 12.1. The fourth-order valence-electron chi connectivity index (χ4n) is 1.52. The highest BCUT2D eigenvalue weighted by atomic mass is 32.2. The molecule has 17 heavy (non-hydrogen) atoms. The van der Waals surface area contributed by atoms with Crippen LogP contribution < -0.4 is 10.6 Å². The lowest BCUT2D eigenvalue weighted by atomic mass is 10.4. The largest absolute Gasteiger partial charge is 0.378 e. The van der Waals surface area contributed by atoms with Gasteiger partial charge in [0.2, 0.25) is 5.91 Å². The van der Waals surface area contributed by atoms with Gasteiger partial charge in [-0.3, -0.25) is 4.79 Å². The Morgan fingerprint density at radius 1 is 1.47 bits per heavy atom. The molecule has 1 aliphatic rings. The van der Waals surface area contributed by atoms with Gasteiger partial charge in [0, 0.05) is 19.2 Å². The van der Waals surface area contributed by atoms with Gasteiger partial charge >= 0.3 is 0 Å². The van der Waals surface area contributed by atoms with Crippen LogP contribution in [0.25, 0.3) is 0 Å². The molecule has 0 aromatic carbocycles. The van der Waals surface area contributed by atoms with E-state index in [-0.39, 0.29) is 11.7 Å². The minimum atomic E-state index is -0.346. The second-order valence-electron chi connectivity index (χ2n) is 3.57. The average Bonchev–Trinajstić information content (AvgIpc) is 2.38. The number of anilines is 1. The Morgan fingerprint density at radius 2 is 2.24 bits per heavy atom. The van der Waals surface area contributed by atoms with E-state index in [0.717, 1.165) is 23.9 Å². The summed E-state index contributed by atoms with van der Waals surface area (Å²) in [7, 11) is 0. The molecule has 0 radical (unpaired) electrons. The monoisotopic (exact) mass is 254 g/mol. The molecule has 2 rings (SSSR count). The van der Waals surface area contributed by atoms with E-state index in [0.29, 0.717) is 13.2 Å². The third-order valence-electron chi connectivity index (χ3n) is 2.32. The van der Waals surface area contributed by atoms with Gasteiger partial charge in [0.1, 0.15) is 17.2 Å². The van der Waals surface area contributed by atoms with E-state index in [1.54, 1.807) is 0 Å². The molecule has 1 aliphatic heterocycles. The van der Waals surface area contributed by atoms with Crippen molar-refractivity contribution in [3.05, 3.63) is 12.4 Å². The van der Waals surface area contributed by atoms with E-state index in [2.05, 4.69) is 14.9 Å². The quantitative estimate of drug-likeness (QED) is 0.596. The summed E-state index contributed by atoms with van der Waals surface area (Å²) in [5.41, 5.74) is 5.09. The number of aromatic nitrogens is 2. The standard InChI is InChI=1S/C10H14N4O2S/c11-8(15)6-17-10-5-9(12-7-13-10)14-1-3-16-4-2-14/h5,7H,1-4,6H2,(H2,11,15). The molecule has 1 amide bonds. The number of thioether (sulfide) groups is 1. The molecule has 0 saturated carbocycles. The second-order valence-corrected chi connectivity index (χ2v) is 4.56. The van der Waals surface area contributed by atoms with Gasteiger partial charge in [-0.15, -0.1) is 0 Å². The number of hydrogen-bond acceptors (Lipinski definition) is 6. The van der Waals surface area contributed by atoms with E-state index < -0.39 is 0 Å². The number of ether oxygens (including phenoxy) is 1. The second kappa shape index (κ2) is 5.83. The highest BCUT2D eigenvalue weighted by Gasteiger charge is 2.13. The molecule has 1 aromatic heterocycles. The third kappa shape index (κ3) is 3.57. The maximum atomic E-state index is 10.7. The first-order chi connectivity index (χ1) is 8.25. The van der Waals surface area contributed by atoms with Crippen molar-refractivity contribution < 1.29 is 9.53 Å². The third-order valence-corrected chi connectivity index (χ3v) is 3.27. The summed E-state index contributed by atoms with van der Waals surface area (Å²) in [6.07, 6.45) is 1.51. The zero-order chi connectivity index (χ0) is 12.1. The molecule has 1 saturated heterocycles. The Morgan fingerprint density at radius 3 is 2.94 bits per heavy atom. The van der Waals surface area contributed by atoms with E-state index in [9.17, 15) is 4.79 Å². The molecule has 2 heterocycles. The number of carbonyl (C=O) groups excluding carboxylic acids is 1. The summed E-state index contributed by atoms with van der Waals surface area (Å²) < 4.78 is 5.28. The number of hydrogen-bond donors (Lipinski definition) is 1. The predicted octanol–water partition coefficient (Wildman–Crippen LogP) is -0.109. The van der Waals surface area contributed by atoms with E-state index in [4.69, 9.17) is 10.5 Å². The summed E-state index contributed by atoms with van der Waals surface area (Å²) in [6, 6.07) is 1.87. The van der Waals surface area contributed by atoms with Gasteiger partial charge < -0.3 is 15.4 Å². The van der Waals surface area contributed by atoms with Gasteiger partial charge in [-0.2, -0.15) is 0 Å². The number of rotatable bonds is 4.